The predicted molar refractivity (Wildman–Crippen MR) is 77.6 cm³/mol. The van der Waals surface area contributed by atoms with Gasteiger partial charge < -0.3 is 5.32 Å². The number of rotatable bonds is 5. The first-order valence-corrected chi connectivity index (χ1v) is 6.50. The number of aromatic nitrogens is 1. The van der Waals surface area contributed by atoms with Gasteiger partial charge in [0.05, 0.1) is 23.1 Å². The molecule has 1 aromatic heterocycles. The molecule has 0 aliphatic carbocycles. The second-order valence-corrected chi connectivity index (χ2v) is 4.61. The molecule has 108 valence electrons. The molecule has 0 saturated heterocycles. The Kier molecular flexibility index (Phi) is 4.61. The average Bonchev–Trinajstić information content (AvgIpc) is 2.53. The van der Waals surface area contributed by atoms with Crippen LogP contribution in [0.1, 0.15) is 24.1 Å². The maximum atomic E-state index is 12.1. The highest BCUT2D eigenvalue weighted by Crippen LogP contribution is 2.19. The highest BCUT2D eigenvalue weighted by atomic mass is 16.6. The fourth-order valence-electron chi connectivity index (χ4n) is 1.87. The second-order valence-electron chi connectivity index (χ2n) is 4.61. The number of amides is 1. The van der Waals surface area contributed by atoms with E-state index in [1.54, 1.807) is 25.3 Å². The van der Waals surface area contributed by atoms with Gasteiger partial charge in [0.1, 0.15) is 0 Å². The summed E-state index contributed by atoms with van der Waals surface area (Å²) in [5, 5.41) is 13.4. The van der Waals surface area contributed by atoms with Gasteiger partial charge in [0.2, 0.25) is 5.91 Å². The van der Waals surface area contributed by atoms with Gasteiger partial charge in [-0.15, -0.1) is 0 Å². The Morgan fingerprint density at radius 3 is 2.57 bits per heavy atom. The van der Waals surface area contributed by atoms with Crippen molar-refractivity contribution in [2.75, 3.05) is 0 Å². The summed E-state index contributed by atoms with van der Waals surface area (Å²) in [6, 6.07) is 11.5. The minimum Gasteiger partial charge on any atom is -0.350 e. The molecule has 0 aliphatic heterocycles. The van der Waals surface area contributed by atoms with Crippen molar-refractivity contribution in [3.63, 3.8) is 0 Å². The van der Waals surface area contributed by atoms with Gasteiger partial charge in [0.25, 0.3) is 5.69 Å². The van der Waals surface area contributed by atoms with E-state index >= 15 is 0 Å². The van der Waals surface area contributed by atoms with Crippen molar-refractivity contribution >= 4 is 11.6 Å². The van der Waals surface area contributed by atoms with Gasteiger partial charge in [-0.1, -0.05) is 18.2 Å². The monoisotopic (exact) mass is 285 g/mol. The quantitative estimate of drug-likeness (QED) is 0.675. The highest BCUT2D eigenvalue weighted by Gasteiger charge is 2.16. The maximum absolute atomic E-state index is 12.1. The summed E-state index contributed by atoms with van der Waals surface area (Å²) in [5.74, 6) is -0.524. The molecule has 1 N–H and O–H groups in total. The number of non-ortho nitro benzene ring substituents is 1. The van der Waals surface area contributed by atoms with Gasteiger partial charge in [0.15, 0.2) is 0 Å². The van der Waals surface area contributed by atoms with Crippen molar-refractivity contribution in [1.82, 2.24) is 10.3 Å². The second kappa shape index (κ2) is 6.60. The third-order valence-electron chi connectivity index (χ3n) is 3.17. The number of carbonyl (C=O) groups excluding carboxylic acids is 1. The Balaban J connectivity index is 1.97. The van der Waals surface area contributed by atoms with Crippen LogP contribution in [0.3, 0.4) is 0 Å². The zero-order valence-corrected chi connectivity index (χ0v) is 11.5. The molecule has 1 amide bonds. The van der Waals surface area contributed by atoms with Crippen molar-refractivity contribution < 1.29 is 9.72 Å². The van der Waals surface area contributed by atoms with E-state index in [4.69, 9.17) is 0 Å². The van der Waals surface area contributed by atoms with Gasteiger partial charge in [-0.25, -0.2) is 0 Å². The van der Waals surface area contributed by atoms with Crippen LogP contribution in [0.2, 0.25) is 0 Å². The molecule has 0 fully saturated rings. The largest absolute Gasteiger partial charge is 0.350 e. The lowest BCUT2D eigenvalue weighted by molar-refractivity contribution is -0.384. The van der Waals surface area contributed by atoms with E-state index in [1.165, 1.54) is 12.1 Å². The first-order valence-electron chi connectivity index (χ1n) is 6.50. The van der Waals surface area contributed by atoms with Crippen molar-refractivity contribution in [2.45, 2.75) is 19.4 Å². The molecule has 2 aromatic rings. The maximum Gasteiger partial charge on any atom is 0.269 e. The number of nitro groups is 1. The van der Waals surface area contributed by atoms with Crippen LogP contribution >= 0.6 is 0 Å². The average molecular weight is 285 g/mol. The van der Waals surface area contributed by atoms with Gasteiger partial charge in [-0.05, 0) is 24.6 Å². The first-order chi connectivity index (χ1) is 10.1. The summed E-state index contributed by atoms with van der Waals surface area (Å²) in [5.41, 5.74) is 1.53. The van der Waals surface area contributed by atoms with Crippen LogP contribution in [0.5, 0.6) is 0 Å². The number of hydrogen-bond acceptors (Lipinski definition) is 4. The number of benzene rings is 1. The molecule has 1 atom stereocenters. The number of carbonyl (C=O) groups is 1. The third-order valence-corrected chi connectivity index (χ3v) is 3.17. The van der Waals surface area contributed by atoms with Crippen molar-refractivity contribution in [3.8, 4) is 0 Å². The van der Waals surface area contributed by atoms with Crippen molar-refractivity contribution in [3.05, 3.63) is 70.0 Å². The van der Waals surface area contributed by atoms with E-state index < -0.39 is 4.92 Å². The number of nitrogens with one attached hydrogen (secondary N) is 1. The van der Waals surface area contributed by atoms with Crippen LogP contribution in [0.25, 0.3) is 0 Å². The Hall–Kier alpha value is -2.76. The Labute approximate surface area is 122 Å². The Bertz CT molecular complexity index is 626. The molecule has 6 heteroatoms. The minimum atomic E-state index is -0.463. The molecule has 0 unspecified atom stereocenters. The lowest BCUT2D eigenvalue weighted by Crippen LogP contribution is -2.27. The molecule has 6 nitrogen and oxygen atoms in total. The first kappa shape index (κ1) is 14.6. The topological polar surface area (TPSA) is 85.1 Å². The van der Waals surface area contributed by atoms with Crippen molar-refractivity contribution in [2.24, 2.45) is 0 Å². The predicted octanol–water partition coefficient (Wildman–Crippen LogP) is 2.41. The van der Waals surface area contributed by atoms with Gasteiger partial charge in [-0.2, -0.15) is 0 Å². The standard InChI is InChI=1S/C15H15N3O3/c1-11(12-5-7-14(8-6-12)18(20)21)15(19)17-10-13-4-2-3-9-16-13/h2-9,11H,10H2,1H3,(H,17,19)/t11-/m0/s1. The molecule has 0 aliphatic rings. The van der Waals surface area contributed by atoms with Crippen molar-refractivity contribution in [1.29, 1.82) is 0 Å². The number of nitro benzene ring substituents is 1. The third kappa shape index (κ3) is 3.85. The fourth-order valence-corrected chi connectivity index (χ4v) is 1.87. The Morgan fingerprint density at radius 2 is 2.00 bits per heavy atom. The summed E-state index contributed by atoms with van der Waals surface area (Å²) in [6.45, 7) is 2.12. The van der Waals surface area contributed by atoms with E-state index in [2.05, 4.69) is 10.3 Å². The normalized spacial score (nSPS) is 11.7. The molecule has 21 heavy (non-hydrogen) atoms. The van der Waals surface area contributed by atoms with E-state index in [0.717, 1.165) is 11.3 Å². The van der Waals surface area contributed by atoms with E-state index in [9.17, 15) is 14.9 Å². The van der Waals surface area contributed by atoms with Gasteiger partial charge >= 0.3 is 0 Å². The summed E-state index contributed by atoms with van der Waals surface area (Å²) in [4.78, 5) is 26.3. The number of hydrogen-bond donors (Lipinski definition) is 1. The lowest BCUT2D eigenvalue weighted by Gasteiger charge is -2.12. The molecule has 0 spiro atoms. The molecule has 0 saturated carbocycles. The fraction of sp³-hybridized carbons (Fsp3) is 0.200. The minimum absolute atomic E-state index is 0.0137. The van der Waals surface area contributed by atoms with Crippen LogP contribution in [0, 0.1) is 10.1 Å². The lowest BCUT2D eigenvalue weighted by atomic mass is 10.00. The number of pyridine rings is 1. The summed E-state index contributed by atoms with van der Waals surface area (Å²) in [6.07, 6.45) is 1.67. The molecule has 2 rings (SSSR count). The zero-order chi connectivity index (χ0) is 15.2. The summed E-state index contributed by atoms with van der Waals surface area (Å²) in [7, 11) is 0. The molecular weight excluding hydrogens is 270 g/mol. The van der Waals surface area contributed by atoms with Crippen LogP contribution in [0.4, 0.5) is 5.69 Å². The van der Waals surface area contributed by atoms with Crippen LogP contribution < -0.4 is 5.32 Å². The summed E-state index contributed by atoms with van der Waals surface area (Å²) < 4.78 is 0. The molecule has 1 heterocycles. The smallest absolute Gasteiger partial charge is 0.269 e. The molecular formula is C15H15N3O3. The van der Waals surface area contributed by atoms with Gasteiger partial charge in [0, 0.05) is 18.3 Å². The Morgan fingerprint density at radius 1 is 1.29 bits per heavy atom. The summed E-state index contributed by atoms with van der Waals surface area (Å²) >= 11 is 0. The van der Waals surface area contributed by atoms with Gasteiger partial charge in [-0.3, -0.25) is 19.9 Å². The number of nitrogens with zero attached hydrogens (tertiary/aromatic N) is 2. The van der Waals surface area contributed by atoms with E-state index in [0.29, 0.717) is 6.54 Å². The van der Waals surface area contributed by atoms with E-state index in [-0.39, 0.29) is 17.5 Å². The zero-order valence-electron chi connectivity index (χ0n) is 11.5. The molecule has 1 aromatic carbocycles. The SMILES string of the molecule is C[C@H](C(=O)NCc1ccccn1)c1ccc([N+](=O)[O-])cc1. The molecule has 0 radical (unpaired) electrons. The van der Waals surface area contributed by atoms with Crippen LogP contribution in [0.15, 0.2) is 48.7 Å². The van der Waals surface area contributed by atoms with Crippen LogP contribution in [-0.4, -0.2) is 15.8 Å². The van der Waals surface area contributed by atoms with Crippen LogP contribution in [-0.2, 0) is 11.3 Å². The van der Waals surface area contributed by atoms with E-state index in [1.807, 2.05) is 18.2 Å². The molecule has 0 bridgehead atoms. The highest BCUT2D eigenvalue weighted by molar-refractivity contribution is 5.83.